The first kappa shape index (κ1) is 11.8. The first-order chi connectivity index (χ1) is 8.49. The highest BCUT2D eigenvalue weighted by atomic mass is 16.4. The summed E-state index contributed by atoms with van der Waals surface area (Å²) in [4.78, 5) is 25.4. The van der Waals surface area contributed by atoms with Gasteiger partial charge >= 0.3 is 5.97 Å². The van der Waals surface area contributed by atoms with Gasteiger partial charge in [-0.25, -0.2) is 0 Å². The largest absolute Gasteiger partial charge is 0.481 e. The van der Waals surface area contributed by atoms with Crippen molar-refractivity contribution in [1.82, 2.24) is 4.90 Å². The molecule has 98 valence electrons. The molecular formula is C14H19NO3. The molecule has 3 aliphatic rings. The molecule has 0 radical (unpaired) electrons. The highest BCUT2D eigenvalue weighted by molar-refractivity contribution is 5.83. The van der Waals surface area contributed by atoms with Crippen LogP contribution in [-0.4, -0.2) is 35.0 Å². The van der Waals surface area contributed by atoms with E-state index in [0.29, 0.717) is 31.3 Å². The minimum Gasteiger partial charge on any atom is -0.481 e. The molecule has 1 aliphatic heterocycles. The minimum absolute atomic E-state index is 0.108. The van der Waals surface area contributed by atoms with Gasteiger partial charge in [0.2, 0.25) is 5.91 Å². The smallest absolute Gasteiger partial charge is 0.311 e. The van der Waals surface area contributed by atoms with Crippen molar-refractivity contribution in [2.45, 2.75) is 26.2 Å². The summed E-state index contributed by atoms with van der Waals surface area (Å²) in [6, 6.07) is 0. The minimum atomic E-state index is -0.786. The van der Waals surface area contributed by atoms with Crippen LogP contribution in [0, 0.1) is 23.2 Å². The first-order valence-electron chi connectivity index (χ1n) is 6.70. The van der Waals surface area contributed by atoms with Crippen molar-refractivity contribution < 1.29 is 14.7 Å². The van der Waals surface area contributed by atoms with Gasteiger partial charge in [0.15, 0.2) is 0 Å². The van der Waals surface area contributed by atoms with Crippen molar-refractivity contribution in [2.75, 3.05) is 13.1 Å². The monoisotopic (exact) mass is 249 g/mol. The highest BCUT2D eigenvalue weighted by Gasteiger charge is 2.46. The summed E-state index contributed by atoms with van der Waals surface area (Å²) in [6.07, 6.45) is 7.04. The Morgan fingerprint density at radius 1 is 1.33 bits per heavy atom. The topological polar surface area (TPSA) is 57.6 Å². The fourth-order valence-electron chi connectivity index (χ4n) is 3.62. The molecule has 0 aromatic heterocycles. The summed E-state index contributed by atoms with van der Waals surface area (Å²) in [6.45, 7) is 2.71. The van der Waals surface area contributed by atoms with Gasteiger partial charge in [0.25, 0.3) is 0 Å². The zero-order chi connectivity index (χ0) is 12.9. The SMILES string of the molecule is CC1(C(=O)O)CCN(C(=O)C2CC3C=CC2C3)C1. The van der Waals surface area contributed by atoms with Gasteiger partial charge in [0.05, 0.1) is 5.41 Å². The number of hydrogen-bond donors (Lipinski definition) is 1. The maximum absolute atomic E-state index is 12.4. The van der Waals surface area contributed by atoms with Gasteiger partial charge in [0, 0.05) is 19.0 Å². The van der Waals surface area contributed by atoms with Gasteiger partial charge in [-0.1, -0.05) is 12.2 Å². The molecule has 1 amide bonds. The summed E-state index contributed by atoms with van der Waals surface area (Å²) >= 11 is 0. The van der Waals surface area contributed by atoms with Gasteiger partial charge in [0.1, 0.15) is 0 Å². The molecule has 4 heteroatoms. The molecule has 2 aliphatic carbocycles. The second-order valence-electron chi connectivity index (χ2n) is 6.26. The Hall–Kier alpha value is -1.32. The molecule has 1 N–H and O–H groups in total. The standard InChI is InChI=1S/C14H19NO3/c1-14(13(17)18)4-5-15(8-14)12(16)11-7-9-2-3-10(11)6-9/h2-3,9-11H,4-8H2,1H3,(H,17,18). The number of amides is 1. The predicted octanol–water partition coefficient (Wildman–Crippen LogP) is 1.52. The van der Waals surface area contributed by atoms with Crippen LogP contribution in [0.4, 0.5) is 0 Å². The lowest BCUT2D eigenvalue weighted by Crippen LogP contribution is -2.39. The third-order valence-electron chi connectivity index (χ3n) is 4.90. The Morgan fingerprint density at radius 2 is 2.11 bits per heavy atom. The number of carbonyl (C=O) groups excluding carboxylic acids is 1. The van der Waals surface area contributed by atoms with Gasteiger partial charge in [-0.3, -0.25) is 9.59 Å². The van der Waals surface area contributed by atoms with Crippen molar-refractivity contribution in [2.24, 2.45) is 23.2 Å². The molecule has 4 unspecified atom stereocenters. The summed E-state index contributed by atoms with van der Waals surface area (Å²) in [5.41, 5.74) is -0.747. The van der Waals surface area contributed by atoms with Gasteiger partial charge in [-0.2, -0.15) is 0 Å². The van der Waals surface area contributed by atoms with Crippen LogP contribution in [0.3, 0.4) is 0 Å². The Morgan fingerprint density at radius 3 is 2.61 bits per heavy atom. The number of aliphatic carboxylic acids is 1. The third kappa shape index (κ3) is 1.66. The zero-order valence-electron chi connectivity index (χ0n) is 10.6. The highest BCUT2D eigenvalue weighted by Crippen LogP contribution is 2.45. The van der Waals surface area contributed by atoms with Gasteiger partial charge in [-0.15, -0.1) is 0 Å². The van der Waals surface area contributed by atoms with Crippen LogP contribution in [-0.2, 0) is 9.59 Å². The van der Waals surface area contributed by atoms with Gasteiger partial charge in [-0.05, 0) is 38.0 Å². The van der Waals surface area contributed by atoms with E-state index in [1.54, 1.807) is 11.8 Å². The van der Waals surface area contributed by atoms with E-state index in [9.17, 15) is 14.7 Å². The maximum Gasteiger partial charge on any atom is 0.311 e. The second-order valence-corrected chi connectivity index (χ2v) is 6.26. The number of rotatable bonds is 2. The molecule has 0 aromatic rings. The summed E-state index contributed by atoms with van der Waals surface area (Å²) < 4.78 is 0. The number of fused-ring (bicyclic) bond motifs is 2. The third-order valence-corrected chi connectivity index (χ3v) is 4.90. The average Bonchev–Trinajstić information content (AvgIpc) is 3.02. The number of nitrogens with zero attached hydrogens (tertiary/aromatic N) is 1. The molecule has 18 heavy (non-hydrogen) atoms. The van der Waals surface area contributed by atoms with Crippen LogP contribution in [0.5, 0.6) is 0 Å². The molecular weight excluding hydrogens is 230 g/mol. The van der Waals surface area contributed by atoms with Crippen molar-refractivity contribution in [3.63, 3.8) is 0 Å². The second kappa shape index (κ2) is 3.84. The van der Waals surface area contributed by atoms with E-state index < -0.39 is 11.4 Å². The van der Waals surface area contributed by atoms with E-state index in [0.717, 1.165) is 12.8 Å². The van der Waals surface area contributed by atoms with E-state index in [-0.39, 0.29) is 11.8 Å². The van der Waals surface area contributed by atoms with Crippen molar-refractivity contribution in [3.05, 3.63) is 12.2 Å². The van der Waals surface area contributed by atoms with E-state index in [1.807, 2.05) is 0 Å². The van der Waals surface area contributed by atoms with E-state index in [4.69, 9.17) is 0 Å². The fraction of sp³-hybridized carbons (Fsp3) is 0.714. The van der Waals surface area contributed by atoms with Crippen LogP contribution < -0.4 is 0 Å². The van der Waals surface area contributed by atoms with Crippen LogP contribution in [0.2, 0.25) is 0 Å². The molecule has 2 fully saturated rings. The summed E-state index contributed by atoms with van der Waals surface area (Å²) in [5, 5.41) is 9.19. The number of carboxylic acid groups (broad SMARTS) is 1. The van der Waals surface area contributed by atoms with Crippen LogP contribution in [0.15, 0.2) is 12.2 Å². The number of carbonyl (C=O) groups is 2. The molecule has 0 spiro atoms. The van der Waals surface area contributed by atoms with Gasteiger partial charge < -0.3 is 10.0 Å². The number of carboxylic acids is 1. The molecule has 1 heterocycles. The molecule has 4 nitrogen and oxygen atoms in total. The quantitative estimate of drug-likeness (QED) is 0.755. The van der Waals surface area contributed by atoms with Crippen LogP contribution in [0.1, 0.15) is 26.2 Å². The average molecular weight is 249 g/mol. The zero-order valence-corrected chi connectivity index (χ0v) is 10.6. The first-order valence-corrected chi connectivity index (χ1v) is 6.70. The molecule has 1 saturated heterocycles. The lowest BCUT2D eigenvalue weighted by Gasteiger charge is -2.25. The summed E-state index contributed by atoms with van der Waals surface area (Å²) in [7, 11) is 0. The Kier molecular flexibility index (Phi) is 2.50. The molecule has 4 atom stereocenters. The Bertz CT molecular complexity index is 431. The van der Waals surface area contributed by atoms with Crippen molar-refractivity contribution >= 4 is 11.9 Å². The number of hydrogen-bond acceptors (Lipinski definition) is 2. The van der Waals surface area contributed by atoms with Crippen molar-refractivity contribution in [3.8, 4) is 0 Å². The Labute approximate surface area is 107 Å². The van der Waals surface area contributed by atoms with Crippen LogP contribution in [0.25, 0.3) is 0 Å². The molecule has 1 saturated carbocycles. The molecule has 0 aromatic carbocycles. The normalized spacial score (nSPS) is 41.6. The van der Waals surface area contributed by atoms with Crippen LogP contribution >= 0.6 is 0 Å². The lowest BCUT2D eigenvalue weighted by atomic mass is 9.90. The van der Waals surface area contributed by atoms with E-state index >= 15 is 0 Å². The molecule has 3 rings (SSSR count). The number of likely N-dealkylation sites (tertiary alicyclic amines) is 1. The van der Waals surface area contributed by atoms with Crippen molar-refractivity contribution in [1.29, 1.82) is 0 Å². The fourth-order valence-corrected chi connectivity index (χ4v) is 3.62. The maximum atomic E-state index is 12.4. The molecule has 2 bridgehead atoms. The van der Waals surface area contributed by atoms with E-state index in [2.05, 4.69) is 12.2 Å². The lowest BCUT2D eigenvalue weighted by molar-refractivity contribution is -0.147. The Balaban J connectivity index is 1.68. The summed E-state index contributed by atoms with van der Waals surface area (Å²) in [5.74, 6) is 0.482. The van der Waals surface area contributed by atoms with E-state index in [1.165, 1.54) is 0 Å². The predicted molar refractivity (Wildman–Crippen MR) is 65.8 cm³/mol. The number of allylic oxidation sites excluding steroid dienone is 2.